The van der Waals surface area contributed by atoms with Crippen molar-refractivity contribution in [2.75, 3.05) is 6.61 Å². The summed E-state index contributed by atoms with van der Waals surface area (Å²) in [5, 5.41) is 9.26. The quantitative estimate of drug-likeness (QED) is 0.785. The fraction of sp³-hybridized carbons (Fsp3) is 0.700. The van der Waals surface area contributed by atoms with Crippen LogP contribution >= 0.6 is 0 Å². The summed E-state index contributed by atoms with van der Waals surface area (Å²) in [5.41, 5.74) is -0.672. The molecule has 1 heterocycles. The predicted octanol–water partition coefficient (Wildman–Crippen LogP) is 0.0963. The van der Waals surface area contributed by atoms with Crippen LogP contribution in [0.25, 0.3) is 0 Å². The summed E-state index contributed by atoms with van der Waals surface area (Å²) in [7, 11) is -3.62. The van der Waals surface area contributed by atoms with Crippen LogP contribution in [-0.4, -0.2) is 35.2 Å². The molecule has 0 radical (unpaired) electrons. The van der Waals surface area contributed by atoms with E-state index in [1.807, 2.05) is 6.92 Å². The number of hydrogen-bond donors (Lipinski definition) is 2. The van der Waals surface area contributed by atoms with E-state index in [-0.39, 0.29) is 11.6 Å². The fourth-order valence-corrected chi connectivity index (χ4v) is 3.29. The highest BCUT2D eigenvalue weighted by Crippen LogP contribution is 2.32. The third kappa shape index (κ3) is 2.36. The lowest BCUT2D eigenvalue weighted by Gasteiger charge is -2.40. The Hall–Kier alpha value is -0.920. The van der Waals surface area contributed by atoms with E-state index in [0.717, 1.165) is 6.42 Å². The second-order valence-corrected chi connectivity index (χ2v) is 6.07. The second kappa shape index (κ2) is 4.40. The Balaban J connectivity index is 2.18. The van der Waals surface area contributed by atoms with Crippen molar-refractivity contribution in [3.63, 3.8) is 0 Å². The molecule has 0 aliphatic heterocycles. The maximum atomic E-state index is 12.0. The number of nitrogens with one attached hydrogen (secondary N) is 1. The van der Waals surface area contributed by atoms with Gasteiger partial charge in [0.25, 0.3) is 10.0 Å². The van der Waals surface area contributed by atoms with Crippen molar-refractivity contribution in [1.29, 1.82) is 0 Å². The Morgan fingerprint density at radius 3 is 2.71 bits per heavy atom. The van der Waals surface area contributed by atoms with Crippen LogP contribution in [0.2, 0.25) is 0 Å². The van der Waals surface area contributed by atoms with Crippen LogP contribution < -0.4 is 4.72 Å². The van der Waals surface area contributed by atoms with Crippen LogP contribution in [0.3, 0.4) is 0 Å². The third-order valence-electron chi connectivity index (χ3n) is 3.21. The summed E-state index contributed by atoms with van der Waals surface area (Å²) in [6.07, 6.45) is 5.27. The molecular weight excluding hydrogens is 242 g/mol. The number of nitrogens with zero attached hydrogens (tertiary/aromatic N) is 2. The minimum Gasteiger partial charge on any atom is -0.394 e. The highest BCUT2D eigenvalue weighted by Gasteiger charge is 2.40. The van der Waals surface area contributed by atoms with Crippen molar-refractivity contribution in [2.24, 2.45) is 0 Å². The number of aliphatic hydroxyl groups is 1. The average Bonchev–Trinajstić information content (AvgIpc) is 2.72. The zero-order chi connectivity index (χ0) is 12.5. The number of aryl methyl sites for hydroxylation is 1. The van der Waals surface area contributed by atoms with Gasteiger partial charge in [0.1, 0.15) is 0 Å². The molecule has 17 heavy (non-hydrogen) atoms. The van der Waals surface area contributed by atoms with Gasteiger partial charge >= 0.3 is 0 Å². The minimum absolute atomic E-state index is 0.0130. The molecule has 0 saturated heterocycles. The van der Waals surface area contributed by atoms with Gasteiger partial charge < -0.3 is 9.67 Å². The van der Waals surface area contributed by atoms with Gasteiger partial charge in [0.05, 0.1) is 18.5 Å². The normalized spacial score (nSPS) is 18.9. The molecule has 6 nitrogen and oxygen atoms in total. The van der Waals surface area contributed by atoms with E-state index in [1.165, 1.54) is 12.5 Å². The third-order valence-corrected chi connectivity index (χ3v) is 4.68. The van der Waals surface area contributed by atoms with Crippen LogP contribution in [0.4, 0.5) is 0 Å². The van der Waals surface area contributed by atoms with Gasteiger partial charge in [-0.05, 0) is 26.2 Å². The Kier molecular flexibility index (Phi) is 3.24. The Morgan fingerprint density at radius 2 is 2.29 bits per heavy atom. The molecule has 0 atom stereocenters. The molecule has 1 saturated carbocycles. The van der Waals surface area contributed by atoms with E-state index in [2.05, 4.69) is 9.71 Å². The highest BCUT2D eigenvalue weighted by atomic mass is 32.2. The molecule has 0 bridgehead atoms. The Labute approximate surface area is 101 Å². The van der Waals surface area contributed by atoms with E-state index < -0.39 is 15.6 Å². The predicted molar refractivity (Wildman–Crippen MR) is 61.9 cm³/mol. The van der Waals surface area contributed by atoms with E-state index in [9.17, 15) is 13.5 Å². The molecule has 7 heteroatoms. The zero-order valence-electron chi connectivity index (χ0n) is 9.76. The van der Waals surface area contributed by atoms with Crippen LogP contribution in [-0.2, 0) is 16.6 Å². The fourth-order valence-electron chi connectivity index (χ4n) is 1.88. The van der Waals surface area contributed by atoms with Gasteiger partial charge in [-0.3, -0.25) is 0 Å². The lowest BCUT2D eigenvalue weighted by molar-refractivity contribution is 0.110. The molecule has 0 spiro atoms. The number of rotatable bonds is 5. The number of aliphatic hydroxyl groups excluding tert-OH is 1. The molecule has 1 aromatic rings. The van der Waals surface area contributed by atoms with Gasteiger partial charge in [0.15, 0.2) is 5.03 Å². The van der Waals surface area contributed by atoms with E-state index >= 15 is 0 Å². The van der Waals surface area contributed by atoms with Crippen molar-refractivity contribution in [1.82, 2.24) is 14.3 Å². The topological polar surface area (TPSA) is 84.2 Å². The van der Waals surface area contributed by atoms with Crippen LogP contribution in [0.5, 0.6) is 0 Å². The Bertz CT molecular complexity index is 485. The SMILES string of the molecule is CCn1cnc(S(=O)(=O)NC2(CO)CCC2)c1. The summed E-state index contributed by atoms with van der Waals surface area (Å²) >= 11 is 0. The standard InChI is InChI=1S/C10H17N3O3S/c1-2-13-6-9(11-8-13)17(15,16)12-10(7-14)4-3-5-10/h6,8,12,14H,2-5,7H2,1H3. The number of sulfonamides is 1. The van der Waals surface area contributed by atoms with Gasteiger partial charge in [0, 0.05) is 12.7 Å². The number of imidazole rings is 1. The first-order valence-electron chi connectivity index (χ1n) is 5.68. The number of aromatic nitrogens is 2. The van der Waals surface area contributed by atoms with Crippen molar-refractivity contribution in [3.8, 4) is 0 Å². The maximum absolute atomic E-state index is 12.0. The summed E-state index contributed by atoms with van der Waals surface area (Å²) in [6, 6.07) is 0. The van der Waals surface area contributed by atoms with Gasteiger partial charge in [-0.15, -0.1) is 0 Å². The molecule has 2 N–H and O–H groups in total. The van der Waals surface area contributed by atoms with Crippen molar-refractivity contribution in [3.05, 3.63) is 12.5 Å². The molecular formula is C10H17N3O3S. The average molecular weight is 259 g/mol. The summed E-state index contributed by atoms with van der Waals surface area (Å²) in [5.74, 6) is 0. The first-order valence-corrected chi connectivity index (χ1v) is 7.16. The van der Waals surface area contributed by atoms with Gasteiger partial charge in [-0.2, -0.15) is 0 Å². The van der Waals surface area contributed by atoms with Gasteiger partial charge in [-0.1, -0.05) is 0 Å². The molecule has 1 aromatic heterocycles. The summed E-state index contributed by atoms with van der Waals surface area (Å²) in [6.45, 7) is 2.42. The van der Waals surface area contributed by atoms with Gasteiger partial charge in [-0.25, -0.2) is 18.1 Å². The summed E-state index contributed by atoms with van der Waals surface area (Å²) in [4.78, 5) is 3.87. The largest absolute Gasteiger partial charge is 0.394 e. The van der Waals surface area contributed by atoms with E-state index in [4.69, 9.17) is 0 Å². The summed E-state index contributed by atoms with van der Waals surface area (Å²) < 4.78 is 28.3. The van der Waals surface area contributed by atoms with Crippen molar-refractivity contribution >= 4 is 10.0 Å². The lowest BCUT2D eigenvalue weighted by Crippen LogP contribution is -2.56. The second-order valence-electron chi connectivity index (χ2n) is 4.44. The van der Waals surface area contributed by atoms with Crippen molar-refractivity contribution < 1.29 is 13.5 Å². The van der Waals surface area contributed by atoms with Gasteiger partial charge in [0.2, 0.25) is 0 Å². The van der Waals surface area contributed by atoms with Crippen LogP contribution in [0.15, 0.2) is 17.6 Å². The molecule has 0 aromatic carbocycles. The molecule has 2 rings (SSSR count). The molecule has 0 amide bonds. The van der Waals surface area contributed by atoms with E-state index in [0.29, 0.717) is 19.4 Å². The maximum Gasteiger partial charge on any atom is 0.260 e. The van der Waals surface area contributed by atoms with Crippen LogP contribution in [0.1, 0.15) is 26.2 Å². The van der Waals surface area contributed by atoms with E-state index in [1.54, 1.807) is 4.57 Å². The molecule has 0 unspecified atom stereocenters. The highest BCUT2D eigenvalue weighted by molar-refractivity contribution is 7.89. The minimum atomic E-state index is -3.62. The first kappa shape index (κ1) is 12.5. The first-order chi connectivity index (χ1) is 8.01. The smallest absolute Gasteiger partial charge is 0.260 e. The zero-order valence-corrected chi connectivity index (χ0v) is 10.6. The molecule has 1 fully saturated rings. The van der Waals surface area contributed by atoms with Crippen molar-refractivity contribution in [2.45, 2.75) is 43.3 Å². The monoisotopic (exact) mass is 259 g/mol. The number of hydrogen-bond acceptors (Lipinski definition) is 4. The molecule has 1 aliphatic carbocycles. The molecule has 96 valence electrons. The lowest BCUT2D eigenvalue weighted by atomic mass is 9.78. The van der Waals surface area contributed by atoms with Crippen LogP contribution in [0, 0.1) is 0 Å². The molecule has 1 aliphatic rings. The Morgan fingerprint density at radius 1 is 1.59 bits per heavy atom.